The molecule has 0 aliphatic heterocycles. The first-order valence-electron chi connectivity index (χ1n) is 8.58. The van der Waals surface area contributed by atoms with Gasteiger partial charge in [0.2, 0.25) is 0 Å². The number of fused-ring (bicyclic) bond motifs is 1. The second kappa shape index (κ2) is 16.0. The van der Waals surface area contributed by atoms with Crippen LogP contribution >= 0.6 is 62.3 Å². The molecule has 9 heteroatoms. The van der Waals surface area contributed by atoms with Crippen LogP contribution in [0, 0.1) is 0 Å². The fraction of sp³-hybridized carbons (Fsp3) is 0.333. The van der Waals surface area contributed by atoms with Crippen LogP contribution < -0.4 is 0 Å². The highest BCUT2D eigenvalue weighted by Gasteiger charge is 2.04. The van der Waals surface area contributed by atoms with E-state index in [0.717, 1.165) is 10.7 Å². The predicted octanol–water partition coefficient (Wildman–Crippen LogP) is 8.86. The standard InChI is InChI=1S/C8H4Cl2O.C6H13BrO2.C6H4Cl2O.CH4/c9-6-1-2-7(10)8-5(6)3-4-11-8;1-3-8-6(5-7)9-4-2;7-4-1-2-5(8)6(9)3-4;/h1-4H;6H,3-5H2,1-2H3;1-3,9H;1H4. The maximum absolute atomic E-state index is 8.88. The van der Waals surface area contributed by atoms with Gasteiger partial charge in [0.05, 0.1) is 26.7 Å². The molecular weight excluding hydrogens is 538 g/mol. The minimum Gasteiger partial charge on any atom is -0.506 e. The SMILES string of the molecule is C.CCOC(CBr)OCC.Clc1ccc(Cl)c2occc12.Oc1cc(Cl)ccc1Cl. The lowest BCUT2D eigenvalue weighted by molar-refractivity contribution is -0.119. The van der Waals surface area contributed by atoms with E-state index < -0.39 is 0 Å². The molecule has 1 N–H and O–H groups in total. The number of benzene rings is 2. The minimum atomic E-state index is -0.0694. The van der Waals surface area contributed by atoms with Crippen LogP contribution in [0.2, 0.25) is 20.1 Å². The summed E-state index contributed by atoms with van der Waals surface area (Å²) in [6.07, 6.45) is 1.50. The van der Waals surface area contributed by atoms with Crippen LogP contribution in [0.25, 0.3) is 11.0 Å². The highest BCUT2D eigenvalue weighted by molar-refractivity contribution is 9.09. The van der Waals surface area contributed by atoms with Crippen LogP contribution in [0.4, 0.5) is 0 Å². The third-order valence-electron chi connectivity index (χ3n) is 3.25. The van der Waals surface area contributed by atoms with Gasteiger partial charge in [-0.25, -0.2) is 0 Å². The minimum absolute atomic E-state index is 0. The third kappa shape index (κ3) is 10.1. The largest absolute Gasteiger partial charge is 0.506 e. The zero-order valence-electron chi connectivity index (χ0n) is 15.8. The highest BCUT2D eigenvalue weighted by atomic mass is 79.9. The molecule has 2 aromatic carbocycles. The van der Waals surface area contributed by atoms with E-state index in [4.69, 9.17) is 65.4 Å². The van der Waals surface area contributed by atoms with Crippen molar-refractivity contribution in [2.45, 2.75) is 27.6 Å². The van der Waals surface area contributed by atoms with E-state index in [2.05, 4.69) is 15.9 Å². The van der Waals surface area contributed by atoms with Gasteiger partial charge in [-0.15, -0.1) is 0 Å². The Bertz CT molecular complexity index is 831. The maximum atomic E-state index is 8.88. The summed E-state index contributed by atoms with van der Waals surface area (Å²) in [7, 11) is 0. The maximum Gasteiger partial charge on any atom is 0.167 e. The van der Waals surface area contributed by atoms with Crippen molar-refractivity contribution in [3.8, 4) is 5.75 Å². The fourth-order valence-corrected chi connectivity index (χ4v) is 3.07. The summed E-state index contributed by atoms with van der Waals surface area (Å²) in [6, 6.07) is 9.81. The van der Waals surface area contributed by atoms with Crippen molar-refractivity contribution < 1.29 is 19.0 Å². The molecule has 0 aliphatic rings. The molecule has 168 valence electrons. The number of phenols is 1. The number of hydrogen-bond acceptors (Lipinski definition) is 4. The Morgan fingerprint density at radius 1 is 0.933 bits per heavy atom. The first-order valence-corrected chi connectivity index (χ1v) is 11.2. The molecule has 0 aliphatic carbocycles. The molecule has 30 heavy (non-hydrogen) atoms. The van der Waals surface area contributed by atoms with E-state index in [1.807, 2.05) is 13.8 Å². The average molecular weight is 563 g/mol. The molecular formula is C21H25BrCl4O4. The van der Waals surface area contributed by atoms with E-state index in [1.165, 1.54) is 6.07 Å². The van der Waals surface area contributed by atoms with Crippen molar-refractivity contribution in [1.29, 1.82) is 0 Å². The van der Waals surface area contributed by atoms with Gasteiger partial charge in [0, 0.05) is 29.7 Å². The number of furan rings is 1. The van der Waals surface area contributed by atoms with E-state index in [1.54, 1.807) is 36.6 Å². The summed E-state index contributed by atoms with van der Waals surface area (Å²) >= 11 is 25.9. The Morgan fingerprint density at radius 2 is 1.50 bits per heavy atom. The lowest BCUT2D eigenvalue weighted by Gasteiger charge is -2.12. The molecule has 1 heterocycles. The van der Waals surface area contributed by atoms with Crippen molar-refractivity contribution in [2.75, 3.05) is 18.5 Å². The van der Waals surface area contributed by atoms with E-state index in [9.17, 15) is 0 Å². The van der Waals surface area contributed by atoms with Crippen LogP contribution in [0.3, 0.4) is 0 Å². The van der Waals surface area contributed by atoms with Crippen LogP contribution in [-0.4, -0.2) is 29.9 Å². The Morgan fingerprint density at radius 3 is 1.97 bits per heavy atom. The second-order valence-corrected chi connectivity index (χ2v) is 7.59. The Kier molecular flexibility index (Phi) is 15.7. The number of aromatic hydroxyl groups is 1. The number of halogens is 5. The Labute approximate surface area is 206 Å². The van der Waals surface area contributed by atoms with Gasteiger partial charge in [0.15, 0.2) is 11.9 Å². The molecule has 1 aromatic heterocycles. The molecule has 0 bridgehead atoms. The Hall–Kier alpha value is -0.660. The Balaban J connectivity index is 0.000000418. The van der Waals surface area contributed by atoms with Crippen molar-refractivity contribution >= 4 is 73.3 Å². The fourth-order valence-electron chi connectivity index (χ4n) is 1.99. The van der Waals surface area contributed by atoms with Crippen molar-refractivity contribution in [3.63, 3.8) is 0 Å². The van der Waals surface area contributed by atoms with Crippen molar-refractivity contribution in [3.05, 3.63) is 62.8 Å². The summed E-state index contributed by atoms with van der Waals surface area (Å²) in [5.74, 6) is 0.0177. The molecule has 0 fully saturated rings. The number of alkyl halides is 1. The lowest BCUT2D eigenvalue weighted by Crippen LogP contribution is -2.18. The number of hydrogen-bond donors (Lipinski definition) is 1. The summed E-state index contributed by atoms with van der Waals surface area (Å²) in [5.41, 5.74) is 0.652. The molecule has 0 spiro atoms. The van der Waals surface area contributed by atoms with Crippen molar-refractivity contribution in [1.82, 2.24) is 0 Å². The molecule has 0 saturated carbocycles. The van der Waals surface area contributed by atoms with Crippen LogP contribution in [-0.2, 0) is 9.47 Å². The van der Waals surface area contributed by atoms with Gasteiger partial charge >= 0.3 is 0 Å². The van der Waals surface area contributed by atoms with Gasteiger partial charge in [-0.05, 0) is 44.2 Å². The number of ether oxygens (including phenoxy) is 2. The topological polar surface area (TPSA) is 51.8 Å². The smallest absolute Gasteiger partial charge is 0.167 e. The lowest BCUT2D eigenvalue weighted by atomic mass is 10.2. The monoisotopic (exact) mass is 560 g/mol. The molecule has 0 radical (unpaired) electrons. The van der Waals surface area contributed by atoms with Gasteiger partial charge in [0.1, 0.15) is 5.75 Å². The molecule has 0 amide bonds. The third-order valence-corrected chi connectivity index (χ3v) is 4.97. The summed E-state index contributed by atoms with van der Waals surface area (Å²) in [6.45, 7) is 5.32. The highest BCUT2D eigenvalue weighted by Crippen LogP contribution is 2.30. The van der Waals surface area contributed by atoms with Gasteiger partial charge < -0.3 is 19.0 Å². The molecule has 0 unspecified atom stereocenters. The van der Waals surface area contributed by atoms with Gasteiger partial charge in [0.25, 0.3) is 0 Å². The van der Waals surface area contributed by atoms with Gasteiger partial charge in [-0.3, -0.25) is 0 Å². The van der Waals surface area contributed by atoms with Crippen LogP contribution in [0.15, 0.2) is 47.1 Å². The quantitative estimate of drug-likeness (QED) is 0.249. The van der Waals surface area contributed by atoms with Gasteiger partial charge in [-0.2, -0.15) is 0 Å². The zero-order chi connectivity index (χ0) is 21.8. The molecule has 4 nitrogen and oxygen atoms in total. The first-order chi connectivity index (χ1) is 13.8. The molecule has 0 atom stereocenters. The van der Waals surface area contributed by atoms with Crippen LogP contribution in [0.1, 0.15) is 21.3 Å². The molecule has 0 saturated heterocycles. The zero-order valence-corrected chi connectivity index (χ0v) is 20.4. The summed E-state index contributed by atoms with van der Waals surface area (Å²) in [4.78, 5) is 0. The molecule has 3 aromatic rings. The summed E-state index contributed by atoms with van der Waals surface area (Å²) < 4.78 is 15.4. The average Bonchev–Trinajstić information content (AvgIpc) is 3.20. The first kappa shape index (κ1) is 29.3. The normalized spacial score (nSPS) is 10.0. The van der Waals surface area contributed by atoms with Crippen molar-refractivity contribution in [2.24, 2.45) is 0 Å². The number of rotatable bonds is 5. The number of phenolic OH excluding ortho intramolecular Hbond substituents is 1. The predicted molar refractivity (Wildman–Crippen MR) is 132 cm³/mol. The van der Waals surface area contributed by atoms with Gasteiger partial charge in [-0.1, -0.05) is 69.8 Å². The van der Waals surface area contributed by atoms with E-state index in [-0.39, 0.29) is 19.5 Å². The second-order valence-electron chi connectivity index (χ2n) is 5.28. The summed E-state index contributed by atoms with van der Waals surface area (Å²) in [5, 5.41) is 12.5. The van der Waals surface area contributed by atoms with Crippen LogP contribution in [0.5, 0.6) is 5.75 Å². The van der Waals surface area contributed by atoms with E-state index in [0.29, 0.717) is 38.9 Å². The van der Waals surface area contributed by atoms with E-state index >= 15 is 0 Å². The molecule has 3 rings (SSSR count).